The van der Waals surface area contributed by atoms with Gasteiger partial charge < -0.3 is 9.84 Å². The number of rotatable bonds is 5. The Hall–Kier alpha value is -1.82. The van der Waals surface area contributed by atoms with E-state index < -0.39 is 5.97 Å². The van der Waals surface area contributed by atoms with Crippen LogP contribution in [0.4, 0.5) is 0 Å². The molecule has 2 rings (SSSR count). The fraction of sp³-hybridized carbons (Fsp3) is 0.286. The van der Waals surface area contributed by atoms with E-state index in [2.05, 4.69) is 21.0 Å². The van der Waals surface area contributed by atoms with Crippen molar-refractivity contribution in [3.05, 3.63) is 45.7 Å². The number of aromatic carboxylic acids is 1. The predicted molar refractivity (Wildman–Crippen MR) is 78.0 cm³/mol. The second-order valence-electron chi connectivity index (χ2n) is 4.31. The van der Waals surface area contributed by atoms with Gasteiger partial charge in [-0.25, -0.2) is 4.79 Å². The van der Waals surface area contributed by atoms with Gasteiger partial charge in [0.05, 0.1) is 15.9 Å². The summed E-state index contributed by atoms with van der Waals surface area (Å²) < 4.78 is 8.03. The number of hydrogen-bond donors (Lipinski definition) is 1. The highest BCUT2D eigenvalue weighted by atomic mass is 79.9. The third-order valence-electron chi connectivity index (χ3n) is 2.95. The number of hydrogen-bond acceptors (Lipinski definition) is 3. The lowest BCUT2D eigenvalue weighted by atomic mass is 10.2. The highest BCUT2D eigenvalue weighted by Gasteiger charge is 2.15. The Morgan fingerprint density at radius 3 is 2.85 bits per heavy atom. The fourth-order valence-corrected chi connectivity index (χ4v) is 2.33. The molecule has 0 radical (unpaired) electrons. The quantitative estimate of drug-likeness (QED) is 0.909. The average molecular weight is 339 g/mol. The Morgan fingerprint density at radius 1 is 1.50 bits per heavy atom. The third-order valence-corrected chi connectivity index (χ3v) is 3.58. The van der Waals surface area contributed by atoms with Gasteiger partial charge in [0.2, 0.25) is 0 Å². The number of ether oxygens (including phenoxy) is 1. The molecular weight excluding hydrogens is 324 g/mol. The normalized spacial score (nSPS) is 10.6. The van der Waals surface area contributed by atoms with Crippen molar-refractivity contribution in [2.24, 2.45) is 7.05 Å². The molecule has 20 heavy (non-hydrogen) atoms. The number of carboxylic acid groups (broad SMARTS) is 1. The molecule has 5 nitrogen and oxygen atoms in total. The number of carboxylic acids is 1. The number of aryl methyl sites for hydroxylation is 2. The number of nitrogens with zero attached hydrogens (tertiary/aromatic N) is 2. The Bertz CT molecular complexity index is 637. The summed E-state index contributed by atoms with van der Waals surface area (Å²) in [6.45, 7) is 2.30. The predicted octanol–water partition coefficient (Wildman–Crippen LogP) is 3.02. The fourth-order valence-electron chi connectivity index (χ4n) is 1.85. The minimum Gasteiger partial charge on any atom is -0.485 e. The maximum atomic E-state index is 11.2. The van der Waals surface area contributed by atoms with Crippen LogP contribution in [0.1, 0.15) is 28.7 Å². The van der Waals surface area contributed by atoms with Crippen molar-refractivity contribution < 1.29 is 14.6 Å². The van der Waals surface area contributed by atoms with Gasteiger partial charge in [0.1, 0.15) is 17.9 Å². The molecule has 0 spiro atoms. The maximum absolute atomic E-state index is 11.2. The molecule has 1 aromatic heterocycles. The molecule has 1 heterocycles. The summed E-state index contributed by atoms with van der Waals surface area (Å²) in [4.78, 5) is 11.2. The van der Waals surface area contributed by atoms with Crippen LogP contribution in [-0.2, 0) is 20.1 Å². The molecule has 0 bridgehead atoms. The molecule has 1 N–H and O–H groups in total. The molecule has 6 heteroatoms. The van der Waals surface area contributed by atoms with Gasteiger partial charge in [0, 0.05) is 7.05 Å². The van der Waals surface area contributed by atoms with E-state index in [0.29, 0.717) is 10.2 Å². The van der Waals surface area contributed by atoms with Gasteiger partial charge in [-0.15, -0.1) is 0 Å². The second-order valence-corrected chi connectivity index (χ2v) is 5.17. The monoisotopic (exact) mass is 338 g/mol. The van der Waals surface area contributed by atoms with E-state index in [4.69, 9.17) is 9.84 Å². The van der Waals surface area contributed by atoms with Crippen molar-refractivity contribution in [3.63, 3.8) is 0 Å². The van der Waals surface area contributed by atoms with Gasteiger partial charge in [0.25, 0.3) is 0 Å². The van der Waals surface area contributed by atoms with Crippen molar-refractivity contribution in [1.82, 2.24) is 9.78 Å². The van der Waals surface area contributed by atoms with E-state index in [1.54, 1.807) is 16.8 Å². The van der Waals surface area contributed by atoms with Gasteiger partial charge in [-0.2, -0.15) is 5.10 Å². The molecule has 0 saturated heterocycles. The summed E-state index contributed by atoms with van der Waals surface area (Å²) >= 11 is 3.32. The first-order valence-electron chi connectivity index (χ1n) is 6.19. The lowest BCUT2D eigenvalue weighted by Crippen LogP contribution is -2.07. The minimum absolute atomic E-state index is 0.136. The van der Waals surface area contributed by atoms with Crippen LogP contribution in [0.25, 0.3) is 0 Å². The zero-order chi connectivity index (χ0) is 14.7. The zero-order valence-electron chi connectivity index (χ0n) is 11.3. The maximum Gasteiger partial charge on any atom is 0.339 e. The van der Waals surface area contributed by atoms with Crippen molar-refractivity contribution in [1.29, 1.82) is 0 Å². The zero-order valence-corrected chi connectivity index (χ0v) is 12.8. The van der Waals surface area contributed by atoms with Crippen LogP contribution >= 0.6 is 15.9 Å². The number of para-hydroxylation sites is 1. The van der Waals surface area contributed by atoms with Crippen LogP contribution in [0.15, 0.2) is 28.7 Å². The van der Waals surface area contributed by atoms with Crippen LogP contribution in [0.5, 0.6) is 5.75 Å². The first-order valence-corrected chi connectivity index (χ1v) is 6.98. The number of aromatic nitrogens is 2. The summed E-state index contributed by atoms with van der Waals surface area (Å²) in [7, 11) is 1.84. The average Bonchev–Trinajstić information content (AvgIpc) is 2.77. The van der Waals surface area contributed by atoms with E-state index in [0.717, 1.165) is 17.8 Å². The lowest BCUT2D eigenvalue weighted by Gasteiger charge is -2.11. The largest absolute Gasteiger partial charge is 0.485 e. The Morgan fingerprint density at radius 2 is 2.25 bits per heavy atom. The van der Waals surface area contributed by atoms with Gasteiger partial charge in [-0.05, 0) is 40.5 Å². The molecule has 0 unspecified atom stereocenters. The first kappa shape index (κ1) is 14.6. The van der Waals surface area contributed by atoms with Crippen molar-refractivity contribution >= 4 is 21.9 Å². The van der Waals surface area contributed by atoms with Crippen molar-refractivity contribution in [2.45, 2.75) is 20.0 Å². The van der Waals surface area contributed by atoms with Gasteiger partial charge in [-0.1, -0.05) is 13.0 Å². The molecule has 0 aliphatic rings. The van der Waals surface area contributed by atoms with Crippen LogP contribution in [-0.4, -0.2) is 20.9 Å². The molecule has 106 valence electrons. The van der Waals surface area contributed by atoms with Crippen LogP contribution in [0, 0.1) is 0 Å². The first-order chi connectivity index (χ1) is 9.52. The van der Waals surface area contributed by atoms with Gasteiger partial charge in [0.15, 0.2) is 0 Å². The molecule has 0 atom stereocenters. The van der Waals surface area contributed by atoms with Gasteiger partial charge >= 0.3 is 5.97 Å². The van der Waals surface area contributed by atoms with E-state index >= 15 is 0 Å². The van der Waals surface area contributed by atoms with E-state index in [9.17, 15) is 4.79 Å². The molecular formula is C14H15BrN2O3. The van der Waals surface area contributed by atoms with Crippen LogP contribution in [0.2, 0.25) is 0 Å². The van der Waals surface area contributed by atoms with Crippen LogP contribution in [0.3, 0.4) is 0 Å². The number of benzene rings is 1. The molecule has 0 fully saturated rings. The molecule has 0 saturated carbocycles. The lowest BCUT2D eigenvalue weighted by molar-refractivity contribution is 0.0691. The summed E-state index contributed by atoms with van der Waals surface area (Å²) in [5, 5.41) is 13.5. The molecule has 0 amide bonds. The standard InChI is InChI=1S/C14H15BrN2O3/c1-3-9-7-10(17(2)16-9)8-20-13-11(14(18)19)5-4-6-12(13)15/h4-7H,3,8H2,1-2H3,(H,18,19). The summed E-state index contributed by atoms with van der Waals surface area (Å²) in [6, 6.07) is 6.89. The third kappa shape index (κ3) is 3.01. The topological polar surface area (TPSA) is 64.3 Å². The minimum atomic E-state index is -1.01. The van der Waals surface area contributed by atoms with E-state index in [1.165, 1.54) is 6.07 Å². The molecule has 0 aliphatic carbocycles. The van der Waals surface area contributed by atoms with Crippen LogP contribution < -0.4 is 4.74 Å². The SMILES string of the molecule is CCc1cc(COc2c(Br)cccc2C(=O)O)n(C)n1. The van der Waals surface area contributed by atoms with Crippen molar-refractivity contribution in [3.8, 4) is 5.75 Å². The molecule has 1 aromatic carbocycles. The summed E-state index contributed by atoms with van der Waals surface area (Å²) in [5.41, 5.74) is 2.02. The Kier molecular flexibility index (Phi) is 4.44. The molecule has 2 aromatic rings. The van der Waals surface area contributed by atoms with E-state index in [-0.39, 0.29) is 12.2 Å². The van der Waals surface area contributed by atoms with E-state index in [1.807, 2.05) is 20.0 Å². The number of halogens is 1. The Balaban J connectivity index is 2.22. The summed E-state index contributed by atoms with van der Waals surface area (Å²) in [5.74, 6) is -0.681. The number of carbonyl (C=O) groups is 1. The second kappa shape index (κ2) is 6.09. The molecule has 0 aliphatic heterocycles. The highest BCUT2D eigenvalue weighted by Crippen LogP contribution is 2.29. The van der Waals surface area contributed by atoms with Crippen molar-refractivity contribution in [2.75, 3.05) is 0 Å². The Labute approximate surface area is 125 Å². The highest BCUT2D eigenvalue weighted by molar-refractivity contribution is 9.10. The smallest absolute Gasteiger partial charge is 0.339 e. The van der Waals surface area contributed by atoms with Gasteiger partial charge in [-0.3, -0.25) is 4.68 Å². The summed E-state index contributed by atoms with van der Waals surface area (Å²) in [6.07, 6.45) is 0.850.